The molecule has 2 unspecified atom stereocenters. The van der Waals surface area contributed by atoms with Gasteiger partial charge in [0, 0.05) is 6.04 Å². The first-order valence-corrected chi connectivity index (χ1v) is 7.84. The van der Waals surface area contributed by atoms with Crippen molar-refractivity contribution in [3.63, 3.8) is 0 Å². The van der Waals surface area contributed by atoms with Crippen LogP contribution in [0.1, 0.15) is 78.6 Å². The van der Waals surface area contributed by atoms with Crippen molar-refractivity contribution in [2.24, 2.45) is 5.92 Å². The molecule has 0 aliphatic heterocycles. The van der Waals surface area contributed by atoms with E-state index in [0.717, 1.165) is 19.3 Å². The van der Waals surface area contributed by atoms with Crippen molar-refractivity contribution in [2.45, 2.75) is 90.1 Å². The molecule has 0 radical (unpaired) electrons. The van der Waals surface area contributed by atoms with Crippen molar-refractivity contribution in [3.05, 3.63) is 0 Å². The molecular weight excluding hydrogens is 220 g/mol. The average Bonchev–Trinajstić information content (AvgIpc) is 2.66. The normalized spacial score (nSPS) is 22.8. The van der Waals surface area contributed by atoms with E-state index in [4.69, 9.17) is 0 Å². The monoisotopic (exact) mass is 250 g/mol. The number of nitrogens with zero attached hydrogens (tertiary/aromatic N) is 1. The second-order valence-electron chi connectivity index (χ2n) is 6.10. The quantitative estimate of drug-likeness (QED) is 0.709. The largest absolute Gasteiger partial charge is 0.297 e. The molecule has 104 valence electrons. The van der Waals surface area contributed by atoms with Crippen LogP contribution in [0.25, 0.3) is 0 Å². The summed E-state index contributed by atoms with van der Waals surface area (Å²) < 4.78 is 0. The van der Waals surface area contributed by atoms with Gasteiger partial charge >= 0.3 is 0 Å². The van der Waals surface area contributed by atoms with Crippen LogP contribution in [0.5, 0.6) is 0 Å². The molecule has 1 fully saturated rings. The molecule has 1 saturated carbocycles. The van der Waals surface area contributed by atoms with E-state index in [-0.39, 0.29) is 5.54 Å². The Kier molecular flexibility index (Phi) is 6.71. The van der Waals surface area contributed by atoms with Crippen molar-refractivity contribution in [2.75, 3.05) is 0 Å². The zero-order valence-corrected chi connectivity index (χ0v) is 12.5. The summed E-state index contributed by atoms with van der Waals surface area (Å²) in [5.41, 5.74) is -0.287. The fourth-order valence-corrected chi connectivity index (χ4v) is 3.02. The smallest absolute Gasteiger partial charge is 0.106 e. The van der Waals surface area contributed by atoms with E-state index in [0.29, 0.717) is 12.0 Å². The van der Waals surface area contributed by atoms with Gasteiger partial charge in [-0.3, -0.25) is 5.32 Å². The van der Waals surface area contributed by atoms with Crippen LogP contribution >= 0.6 is 0 Å². The minimum Gasteiger partial charge on any atom is -0.297 e. The highest BCUT2D eigenvalue weighted by Crippen LogP contribution is 2.26. The Labute approximate surface area is 113 Å². The number of rotatable bonds is 6. The van der Waals surface area contributed by atoms with Crippen LogP contribution in [-0.4, -0.2) is 11.6 Å². The van der Waals surface area contributed by atoms with Gasteiger partial charge in [0.25, 0.3) is 0 Å². The van der Waals surface area contributed by atoms with Gasteiger partial charge in [-0.1, -0.05) is 52.9 Å². The van der Waals surface area contributed by atoms with Gasteiger partial charge in [-0.2, -0.15) is 5.26 Å². The summed E-state index contributed by atoms with van der Waals surface area (Å²) in [5.74, 6) is 0.628. The Bertz CT molecular complexity index is 261. The SMILES string of the molecule is CCC(C)CC(C#N)(CC)NC1CCCCCC1. The third-order valence-corrected chi connectivity index (χ3v) is 4.55. The summed E-state index contributed by atoms with van der Waals surface area (Å²) in [6, 6.07) is 3.15. The van der Waals surface area contributed by atoms with E-state index in [9.17, 15) is 5.26 Å². The van der Waals surface area contributed by atoms with Crippen molar-refractivity contribution in [1.82, 2.24) is 5.32 Å². The molecule has 0 saturated heterocycles. The zero-order valence-electron chi connectivity index (χ0n) is 12.5. The minimum absolute atomic E-state index is 0.287. The Morgan fingerprint density at radius 3 is 2.28 bits per heavy atom. The maximum Gasteiger partial charge on any atom is 0.106 e. The molecule has 1 aliphatic rings. The van der Waals surface area contributed by atoms with Crippen molar-refractivity contribution in [1.29, 1.82) is 5.26 Å². The molecule has 1 aliphatic carbocycles. The van der Waals surface area contributed by atoms with E-state index in [2.05, 4.69) is 32.2 Å². The van der Waals surface area contributed by atoms with Gasteiger partial charge in [0.2, 0.25) is 0 Å². The van der Waals surface area contributed by atoms with E-state index in [1.807, 2.05) is 0 Å². The lowest BCUT2D eigenvalue weighted by molar-refractivity contribution is 0.269. The number of hydrogen-bond acceptors (Lipinski definition) is 2. The van der Waals surface area contributed by atoms with Crippen LogP contribution in [0.3, 0.4) is 0 Å². The third kappa shape index (κ3) is 4.61. The van der Waals surface area contributed by atoms with Crippen LogP contribution in [0.15, 0.2) is 0 Å². The molecule has 18 heavy (non-hydrogen) atoms. The molecule has 2 nitrogen and oxygen atoms in total. The molecule has 0 amide bonds. The van der Waals surface area contributed by atoms with Gasteiger partial charge in [0.05, 0.1) is 6.07 Å². The van der Waals surface area contributed by atoms with Gasteiger partial charge in [0.1, 0.15) is 5.54 Å². The number of nitrogens with one attached hydrogen (secondary N) is 1. The highest BCUT2D eigenvalue weighted by molar-refractivity contribution is 5.08. The number of nitriles is 1. The fraction of sp³-hybridized carbons (Fsp3) is 0.938. The molecule has 1 rings (SSSR count). The molecule has 2 atom stereocenters. The number of hydrogen-bond donors (Lipinski definition) is 1. The highest BCUT2D eigenvalue weighted by Gasteiger charge is 2.32. The molecule has 0 heterocycles. The van der Waals surface area contributed by atoms with Crippen LogP contribution in [0.4, 0.5) is 0 Å². The first kappa shape index (κ1) is 15.5. The predicted molar refractivity (Wildman–Crippen MR) is 77.3 cm³/mol. The Morgan fingerprint density at radius 1 is 1.22 bits per heavy atom. The highest BCUT2D eigenvalue weighted by atomic mass is 15.0. The Balaban J connectivity index is 2.62. The first-order valence-electron chi connectivity index (χ1n) is 7.84. The summed E-state index contributed by atoms with van der Waals surface area (Å²) in [6.45, 7) is 6.62. The van der Waals surface area contributed by atoms with Crippen molar-refractivity contribution in [3.8, 4) is 6.07 Å². The van der Waals surface area contributed by atoms with Crippen LogP contribution in [0.2, 0.25) is 0 Å². The Hall–Kier alpha value is -0.550. The van der Waals surface area contributed by atoms with Crippen LogP contribution in [-0.2, 0) is 0 Å². The summed E-state index contributed by atoms with van der Waals surface area (Å²) >= 11 is 0. The average molecular weight is 250 g/mol. The molecule has 0 bridgehead atoms. The van der Waals surface area contributed by atoms with Gasteiger partial charge < -0.3 is 0 Å². The van der Waals surface area contributed by atoms with Gasteiger partial charge in [0.15, 0.2) is 0 Å². The van der Waals surface area contributed by atoms with E-state index in [1.54, 1.807) is 0 Å². The van der Waals surface area contributed by atoms with Gasteiger partial charge in [-0.25, -0.2) is 0 Å². The molecule has 1 N–H and O–H groups in total. The van der Waals surface area contributed by atoms with E-state index in [1.165, 1.54) is 38.5 Å². The molecule has 0 aromatic carbocycles. The van der Waals surface area contributed by atoms with Crippen LogP contribution < -0.4 is 5.32 Å². The summed E-state index contributed by atoms with van der Waals surface area (Å²) in [4.78, 5) is 0. The molecule has 0 aromatic heterocycles. The lowest BCUT2D eigenvalue weighted by Crippen LogP contribution is -2.50. The van der Waals surface area contributed by atoms with Gasteiger partial charge in [-0.15, -0.1) is 0 Å². The lowest BCUT2D eigenvalue weighted by atomic mass is 9.84. The maximum absolute atomic E-state index is 9.61. The minimum atomic E-state index is -0.287. The zero-order chi connectivity index (χ0) is 13.4. The lowest BCUT2D eigenvalue weighted by Gasteiger charge is -2.33. The Morgan fingerprint density at radius 2 is 1.83 bits per heavy atom. The van der Waals surface area contributed by atoms with E-state index >= 15 is 0 Å². The maximum atomic E-state index is 9.61. The molecule has 0 spiro atoms. The van der Waals surface area contributed by atoms with Crippen molar-refractivity contribution >= 4 is 0 Å². The van der Waals surface area contributed by atoms with Crippen molar-refractivity contribution < 1.29 is 0 Å². The first-order chi connectivity index (χ1) is 8.65. The standard InChI is InChI=1S/C16H30N2/c1-4-14(3)12-16(5-2,13-17)18-15-10-8-6-7-9-11-15/h14-15,18H,4-12H2,1-3H3. The summed E-state index contributed by atoms with van der Waals surface area (Å²) in [6.07, 6.45) is 11.0. The van der Waals surface area contributed by atoms with Gasteiger partial charge in [-0.05, 0) is 31.6 Å². The second-order valence-corrected chi connectivity index (χ2v) is 6.10. The summed E-state index contributed by atoms with van der Waals surface area (Å²) in [7, 11) is 0. The summed E-state index contributed by atoms with van der Waals surface area (Å²) in [5, 5.41) is 13.3. The molecule has 0 aromatic rings. The molecular formula is C16H30N2. The van der Waals surface area contributed by atoms with Crippen LogP contribution in [0, 0.1) is 17.2 Å². The third-order valence-electron chi connectivity index (χ3n) is 4.55. The second kappa shape index (κ2) is 7.79. The topological polar surface area (TPSA) is 35.8 Å². The fourth-order valence-electron chi connectivity index (χ4n) is 3.02. The predicted octanol–water partition coefficient (Wildman–Crippen LogP) is 4.41. The van der Waals surface area contributed by atoms with E-state index < -0.39 is 0 Å². The molecule has 2 heteroatoms.